The Morgan fingerprint density at radius 2 is 2.11 bits per heavy atom. The van der Waals surface area contributed by atoms with Crippen molar-refractivity contribution in [2.45, 2.75) is 46.0 Å². The van der Waals surface area contributed by atoms with Crippen LogP contribution in [0.4, 0.5) is 0 Å². The summed E-state index contributed by atoms with van der Waals surface area (Å²) in [5, 5.41) is 11.3. The number of oxazole rings is 1. The zero-order valence-corrected chi connectivity index (χ0v) is 11.4. The number of hydrogen-bond acceptors (Lipinski definition) is 5. The van der Waals surface area contributed by atoms with Gasteiger partial charge in [-0.05, 0) is 12.3 Å². The molecule has 0 aliphatic rings. The van der Waals surface area contributed by atoms with Gasteiger partial charge in [0.1, 0.15) is 12.0 Å². The Morgan fingerprint density at radius 1 is 1.37 bits per heavy atom. The normalized spacial score (nSPS) is 14.0. The number of carbonyl (C=O) groups excluding carboxylic acids is 2. The maximum atomic E-state index is 12.1. The number of Topliss-reactive ketones (excluding diaryl/α,β-unsaturated/α-hetero) is 1. The molecule has 0 radical (unpaired) electrons. The zero-order valence-electron chi connectivity index (χ0n) is 11.4. The molecule has 106 valence electrons. The first-order chi connectivity index (χ1) is 9.11. The second-order valence-corrected chi connectivity index (χ2v) is 4.70. The predicted octanol–water partition coefficient (Wildman–Crippen LogP) is 1.83. The number of carboxylic acid groups (broad SMARTS) is 1. The second kappa shape index (κ2) is 7.71. The third kappa shape index (κ3) is 4.19. The predicted molar refractivity (Wildman–Crippen MR) is 67.3 cm³/mol. The molecule has 0 aromatic carbocycles. The van der Waals surface area contributed by atoms with E-state index in [1.165, 1.54) is 6.26 Å². The average Bonchev–Trinajstić information content (AvgIpc) is 2.90. The van der Waals surface area contributed by atoms with Gasteiger partial charge in [-0.2, -0.15) is 0 Å². The summed E-state index contributed by atoms with van der Waals surface area (Å²) in [5.41, 5.74) is 0.0585. The number of aliphatic carboxylic acids is 1. The molecule has 2 unspecified atom stereocenters. The fourth-order valence-corrected chi connectivity index (χ4v) is 2.27. The summed E-state index contributed by atoms with van der Waals surface area (Å²) in [6.07, 6.45) is 6.66. The molecule has 1 aromatic heterocycles. The highest BCUT2D eigenvalue weighted by Gasteiger charge is 2.30. The first-order valence-electron chi connectivity index (χ1n) is 6.75. The first-order valence-corrected chi connectivity index (χ1v) is 6.75. The largest absolute Gasteiger partial charge is 0.549 e. The quantitative estimate of drug-likeness (QED) is 0.387. The van der Waals surface area contributed by atoms with Crippen LogP contribution in [-0.4, -0.2) is 16.7 Å². The van der Waals surface area contributed by atoms with Crippen molar-refractivity contribution in [3.05, 3.63) is 18.4 Å². The monoisotopic (exact) mass is 266 g/mol. The first kappa shape index (κ1) is 15.4. The van der Waals surface area contributed by atoms with Crippen LogP contribution in [0.2, 0.25) is 0 Å². The van der Waals surface area contributed by atoms with E-state index in [0.717, 1.165) is 25.7 Å². The lowest BCUT2D eigenvalue weighted by Crippen LogP contribution is -2.41. The van der Waals surface area contributed by atoms with E-state index in [9.17, 15) is 14.7 Å². The van der Waals surface area contributed by atoms with Crippen molar-refractivity contribution < 1.29 is 19.1 Å². The number of hydrogen-bond donors (Lipinski definition) is 0. The standard InChI is InChI=1S/C14H21NO4/c1-3-5-6-7-10(4-2)12(14(17)18)13(16)11-8-19-9-15-11/h8-10,12H,3-7H2,1-2H3,(H,17,18)/p-1. The molecule has 0 spiro atoms. The van der Waals surface area contributed by atoms with E-state index in [1.807, 2.05) is 6.92 Å². The molecule has 0 fully saturated rings. The van der Waals surface area contributed by atoms with Crippen LogP contribution in [0, 0.1) is 11.8 Å². The van der Waals surface area contributed by atoms with Crippen molar-refractivity contribution in [2.24, 2.45) is 11.8 Å². The SMILES string of the molecule is CCCCCC(CC)C(C(=O)[O-])C(=O)c1cocn1. The van der Waals surface area contributed by atoms with Crippen molar-refractivity contribution in [3.8, 4) is 0 Å². The van der Waals surface area contributed by atoms with E-state index in [0.29, 0.717) is 12.8 Å². The number of carbonyl (C=O) groups is 2. The van der Waals surface area contributed by atoms with Crippen molar-refractivity contribution in [1.82, 2.24) is 4.98 Å². The Labute approximate surface area is 113 Å². The van der Waals surface area contributed by atoms with Gasteiger partial charge in [0.2, 0.25) is 0 Å². The van der Waals surface area contributed by atoms with E-state index in [1.54, 1.807) is 0 Å². The van der Waals surface area contributed by atoms with Crippen LogP contribution in [-0.2, 0) is 4.79 Å². The molecular formula is C14H20NO4-. The summed E-state index contributed by atoms with van der Waals surface area (Å²) >= 11 is 0. The Morgan fingerprint density at radius 3 is 2.58 bits per heavy atom. The highest BCUT2D eigenvalue weighted by atomic mass is 16.4. The zero-order chi connectivity index (χ0) is 14.3. The third-order valence-electron chi connectivity index (χ3n) is 3.40. The minimum atomic E-state index is -1.32. The van der Waals surface area contributed by atoms with Crippen molar-refractivity contribution in [1.29, 1.82) is 0 Å². The summed E-state index contributed by atoms with van der Waals surface area (Å²) in [6.45, 7) is 3.97. The Hall–Kier alpha value is -1.65. The van der Waals surface area contributed by atoms with E-state index in [4.69, 9.17) is 4.42 Å². The van der Waals surface area contributed by atoms with Gasteiger partial charge in [0.15, 0.2) is 12.2 Å². The molecule has 1 heterocycles. The smallest absolute Gasteiger partial charge is 0.193 e. The second-order valence-electron chi connectivity index (χ2n) is 4.70. The molecule has 19 heavy (non-hydrogen) atoms. The van der Waals surface area contributed by atoms with Gasteiger partial charge in [0.05, 0.1) is 11.9 Å². The van der Waals surface area contributed by atoms with Gasteiger partial charge in [-0.3, -0.25) is 4.79 Å². The van der Waals surface area contributed by atoms with Crippen LogP contribution in [0.1, 0.15) is 56.4 Å². The van der Waals surface area contributed by atoms with E-state index < -0.39 is 17.7 Å². The summed E-state index contributed by atoms with van der Waals surface area (Å²) in [6, 6.07) is 0. The van der Waals surface area contributed by atoms with Crippen LogP contribution in [0.25, 0.3) is 0 Å². The Kier molecular flexibility index (Phi) is 6.25. The van der Waals surface area contributed by atoms with Crippen molar-refractivity contribution in [3.63, 3.8) is 0 Å². The van der Waals surface area contributed by atoms with E-state index >= 15 is 0 Å². The third-order valence-corrected chi connectivity index (χ3v) is 3.40. The van der Waals surface area contributed by atoms with Crippen LogP contribution >= 0.6 is 0 Å². The molecule has 0 saturated carbocycles. The lowest BCUT2D eigenvalue weighted by Gasteiger charge is -2.25. The van der Waals surface area contributed by atoms with Gasteiger partial charge in [-0.15, -0.1) is 0 Å². The molecule has 0 aliphatic heterocycles. The van der Waals surface area contributed by atoms with Crippen molar-refractivity contribution >= 4 is 11.8 Å². The van der Waals surface area contributed by atoms with Crippen LogP contribution in [0.3, 0.4) is 0 Å². The van der Waals surface area contributed by atoms with Crippen LogP contribution in [0.15, 0.2) is 17.1 Å². The molecule has 1 aromatic rings. The van der Waals surface area contributed by atoms with Crippen molar-refractivity contribution in [2.75, 3.05) is 0 Å². The number of rotatable bonds is 9. The Bertz CT molecular complexity index is 400. The number of aromatic nitrogens is 1. The number of carboxylic acids is 1. The molecule has 0 saturated heterocycles. The fourth-order valence-electron chi connectivity index (χ4n) is 2.27. The molecule has 5 nitrogen and oxygen atoms in total. The fraction of sp³-hybridized carbons (Fsp3) is 0.643. The number of nitrogens with zero attached hydrogens (tertiary/aromatic N) is 1. The topological polar surface area (TPSA) is 83.2 Å². The van der Waals surface area contributed by atoms with Gasteiger partial charge in [-0.25, -0.2) is 4.98 Å². The number of ketones is 1. The molecule has 0 amide bonds. The van der Waals surface area contributed by atoms with Gasteiger partial charge in [-0.1, -0.05) is 39.5 Å². The molecule has 1 rings (SSSR count). The van der Waals surface area contributed by atoms with Gasteiger partial charge < -0.3 is 14.3 Å². The maximum absolute atomic E-state index is 12.1. The lowest BCUT2D eigenvalue weighted by molar-refractivity contribution is -0.310. The van der Waals surface area contributed by atoms with Gasteiger partial charge in [0.25, 0.3) is 0 Å². The van der Waals surface area contributed by atoms with E-state index in [-0.39, 0.29) is 11.6 Å². The maximum Gasteiger partial charge on any atom is 0.193 e. The molecule has 0 bridgehead atoms. The van der Waals surface area contributed by atoms with Crippen LogP contribution in [0.5, 0.6) is 0 Å². The van der Waals surface area contributed by atoms with Gasteiger partial charge in [0, 0.05) is 0 Å². The molecule has 5 heteroatoms. The van der Waals surface area contributed by atoms with E-state index in [2.05, 4.69) is 11.9 Å². The molecule has 0 N–H and O–H groups in total. The average molecular weight is 266 g/mol. The minimum Gasteiger partial charge on any atom is -0.549 e. The molecule has 2 atom stereocenters. The highest BCUT2D eigenvalue weighted by molar-refractivity contribution is 6.06. The summed E-state index contributed by atoms with van der Waals surface area (Å²) < 4.78 is 4.73. The summed E-state index contributed by atoms with van der Waals surface area (Å²) in [7, 11) is 0. The van der Waals surface area contributed by atoms with Gasteiger partial charge >= 0.3 is 0 Å². The van der Waals surface area contributed by atoms with Crippen LogP contribution < -0.4 is 5.11 Å². The summed E-state index contributed by atoms with van der Waals surface area (Å²) in [4.78, 5) is 27.1. The minimum absolute atomic E-state index is 0.0585. The number of unbranched alkanes of at least 4 members (excludes halogenated alkanes) is 2. The lowest BCUT2D eigenvalue weighted by atomic mass is 9.82. The summed E-state index contributed by atoms with van der Waals surface area (Å²) in [5.74, 6) is -3.18. The highest BCUT2D eigenvalue weighted by Crippen LogP contribution is 2.25. The Balaban J connectivity index is 2.80. The molecule has 0 aliphatic carbocycles. The molecular weight excluding hydrogens is 246 g/mol.